The molecule has 1 aliphatic heterocycles. The maximum atomic E-state index is 12.7. The fraction of sp³-hybridized carbons (Fsp3) is 0.188. The van der Waals surface area contributed by atoms with Gasteiger partial charge in [0.05, 0.1) is 22.9 Å². The summed E-state index contributed by atoms with van der Waals surface area (Å²) in [4.78, 5) is 30.4. The molecule has 1 atom stereocenters. The summed E-state index contributed by atoms with van der Waals surface area (Å²) in [5.41, 5.74) is 1.88. The fourth-order valence-electron chi connectivity index (χ4n) is 2.36. The number of nitrogens with zero attached hydrogens (tertiary/aromatic N) is 2. The summed E-state index contributed by atoms with van der Waals surface area (Å²) in [5.74, 6) is -0.513. The van der Waals surface area contributed by atoms with Crippen molar-refractivity contribution in [3.8, 4) is 0 Å². The molecule has 2 heterocycles. The molecule has 0 bridgehead atoms. The second-order valence-corrected chi connectivity index (χ2v) is 5.06. The van der Waals surface area contributed by atoms with Gasteiger partial charge in [-0.25, -0.2) is 0 Å². The standard InChI is InChI=1S/C16H15N3O2/c1-11-10-19(16(21)12-5-4-8-17-9-12)14-7-3-2-6-13(14)18-15(11)20/h2-9,11H,10H2,1H3,(H,18,20)/t11-/m1/s1. The van der Waals surface area contributed by atoms with Gasteiger partial charge in [0, 0.05) is 18.9 Å². The van der Waals surface area contributed by atoms with Gasteiger partial charge in [-0.2, -0.15) is 0 Å². The highest BCUT2D eigenvalue weighted by Crippen LogP contribution is 2.30. The van der Waals surface area contributed by atoms with Gasteiger partial charge in [0.2, 0.25) is 5.91 Å². The van der Waals surface area contributed by atoms with Gasteiger partial charge < -0.3 is 10.2 Å². The number of aromatic nitrogens is 1. The van der Waals surface area contributed by atoms with E-state index in [4.69, 9.17) is 0 Å². The number of carbonyl (C=O) groups excluding carboxylic acids is 2. The van der Waals surface area contributed by atoms with Crippen molar-refractivity contribution in [2.45, 2.75) is 6.92 Å². The zero-order chi connectivity index (χ0) is 14.8. The van der Waals surface area contributed by atoms with Gasteiger partial charge >= 0.3 is 0 Å². The number of hydrogen-bond acceptors (Lipinski definition) is 3. The lowest BCUT2D eigenvalue weighted by Gasteiger charge is -2.23. The Morgan fingerprint density at radius 3 is 2.86 bits per heavy atom. The number of fused-ring (bicyclic) bond motifs is 1. The van der Waals surface area contributed by atoms with Crippen molar-refractivity contribution < 1.29 is 9.59 Å². The maximum Gasteiger partial charge on any atom is 0.259 e. The molecule has 0 radical (unpaired) electrons. The number of amides is 2. The normalized spacial score (nSPS) is 17.7. The second kappa shape index (κ2) is 5.36. The third-order valence-corrected chi connectivity index (χ3v) is 3.51. The molecule has 1 aliphatic rings. The molecule has 2 amide bonds. The fourth-order valence-corrected chi connectivity index (χ4v) is 2.36. The minimum Gasteiger partial charge on any atom is -0.324 e. The number of rotatable bonds is 1. The zero-order valence-electron chi connectivity index (χ0n) is 11.6. The Hall–Kier alpha value is -2.69. The Labute approximate surface area is 122 Å². The van der Waals surface area contributed by atoms with E-state index in [1.54, 1.807) is 29.3 Å². The number of benzene rings is 1. The number of para-hydroxylation sites is 2. The van der Waals surface area contributed by atoms with E-state index in [2.05, 4.69) is 10.3 Å². The van der Waals surface area contributed by atoms with Crippen LogP contribution in [0.15, 0.2) is 48.8 Å². The van der Waals surface area contributed by atoms with Crippen LogP contribution in [0.4, 0.5) is 11.4 Å². The first kappa shape index (κ1) is 13.3. The largest absolute Gasteiger partial charge is 0.324 e. The summed E-state index contributed by atoms with van der Waals surface area (Å²) >= 11 is 0. The zero-order valence-corrected chi connectivity index (χ0v) is 11.6. The monoisotopic (exact) mass is 281 g/mol. The van der Waals surface area contributed by atoms with Crippen molar-refractivity contribution in [2.75, 3.05) is 16.8 Å². The minimum atomic E-state index is -0.280. The van der Waals surface area contributed by atoms with E-state index in [0.29, 0.717) is 23.5 Å². The molecule has 0 unspecified atom stereocenters. The van der Waals surface area contributed by atoms with Crippen LogP contribution in [0.2, 0.25) is 0 Å². The smallest absolute Gasteiger partial charge is 0.259 e. The van der Waals surface area contributed by atoms with E-state index in [9.17, 15) is 9.59 Å². The Morgan fingerprint density at radius 2 is 2.10 bits per heavy atom. The molecule has 1 aromatic heterocycles. The van der Waals surface area contributed by atoms with Crippen molar-refractivity contribution in [2.24, 2.45) is 5.92 Å². The van der Waals surface area contributed by atoms with E-state index >= 15 is 0 Å². The molecule has 1 N–H and O–H groups in total. The first-order chi connectivity index (χ1) is 10.2. The second-order valence-electron chi connectivity index (χ2n) is 5.06. The molecule has 5 nitrogen and oxygen atoms in total. The third-order valence-electron chi connectivity index (χ3n) is 3.51. The predicted molar refractivity (Wildman–Crippen MR) is 80.1 cm³/mol. The molecule has 1 aromatic carbocycles. The lowest BCUT2D eigenvalue weighted by atomic mass is 10.1. The Bertz CT molecular complexity index is 685. The minimum absolute atomic E-state index is 0.0797. The molecular weight excluding hydrogens is 266 g/mol. The maximum absolute atomic E-state index is 12.7. The molecule has 2 aromatic rings. The highest BCUT2D eigenvalue weighted by molar-refractivity contribution is 6.10. The van der Waals surface area contributed by atoms with Crippen molar-refractivity contribution >= 4 is 23.2 Å². The molecule has 106 valence electrons. The Morgan fingerprint density at radius 1 is 1.29 bits per heavy atom. The lowest BCUT2D eigenvalue weighted by Crippen LogP contribution is -2.35. The number of anilines is 2. The van der Waals surface area contributed by atoms with Gasteiger partial charge in [-0.3, -0.25) is 14.6 Å². The van der Waals surface area contributed by atoms with Crippen LogP contribution in [0.5, 0.6) is 0 Å². The van der Waals surface area contributed by atoms with E-state index < -0.39 is 0 Å². The van der Waals surface area contributed by atoms with Crippen LogP contribution in [0, 0.1) is 5.92 Å². The average molecular weight is 281 g/mol. The van der Waals surface area contributed by atoms with Crippen LogP contribution in [-0.4, -0.2) is 23.3 Å². The number of pyridine rings is 1. The molecule has 0 aliphatic carbocycles. The quantitative estimate of drug-likeness (QED) is 0.872. The van der Waals surface area contributed by atoms with Gasteiger partial charge in [-0.1, -0.05) is 19.1 Å². The Kier molecular flexibility index (Phi) is 3.39. The third kappa shape index (κ3) is 2.50. The highest BCUT2D eigenvalue weighted by atomic mass is 16.2. The summed E-state index contributed by atoms with van der Waals surface area (Å²) < 4.78 is 0. The summed E-state index contributed by atoms with van der Waals surface area (Å²) in [7, 11) is 0. The van der Waals surface area contributed by atoms with Gasteiger partial charge in [0.1, 0.15) is 0 Å². The summed E-state index contributed by atoms with van der Waals surface area (Å²) in [6.07, 6.45) is 3.16. The van der Waals surface area contributed by atoms with Crippen LogP contribution in [0.3, 0.4) is 0 Å². The van der Waals surface area contributed by atoms with Gasteiger partial charge in [-0.15, -0.1) is 0 Å². The first-order valence-electron chi connectivity index (χ1n) is 6.78. The summed E-state index contributed by atoms with van der Waals surface area (Å²) in [5, 5.41) is 2.86. The van der Waals surface area contributed by atoms with Gasteiger partial charge in [0.15, 0.2) is 0 Å². The summed E-state index contributed by atoms with van der Waals surface area (Å²) in [6.45, 7) is 2.15. The predicted octanol–water partition coefficient (Wildman–Crippen LogP) is 2.32. The van der Waals surface area contributed by atoms with Crippen molar-refractivity contribution in [3.05, 3.63) is 54.4 Å². The van der Waals surface area contributed by atoms with Crippen LogP contribution < -0.4 is 10.2 Å². The van der Waals surface area contributed by atoms with Crippen LogP contribution in [0.25, 0.3) is 0 Å². The van der Waals surface area contributed by atoms with Crippen LogP contribution in [0.1, 0.15) is 17.3 Å². The molecule has 0 saturated heterocycles. The van der Waals surface area contributed by atoms with Gasteiger partial charge in [0.25, 0.3) is 5.91 Å². The van der Waals surface area contributed by atoms with E-state index in [1.807, 2.05) is 25.1 Å². The molecule has 0 spiro atoms. The molecule has 21 heavy (non-hydrogen) atoms. The van der Waals surface area contributed by atoms with Gasteiger partial charge in [-0.05, 0) is 24.3 Å². The number of carbonyl (C=O) groups is 2. The SMILES string of the molecule is C[C@@H]1CN(C(=O)c2cccnc2)c2ccccc2NC1=O. The molecule has 3 rings (SSSR count). The van der Waals surface area contributed by atoms with E-state index in [1.165, 1.54) is 6.20 Å². The first-order valence-corrected chi connectivity index (χ1v) is 6.78. The molecule has 0 saturated carbocycles. The molecular formula is C16H15N3O2. The molecule has 5 heteroatoms. The van der Waals surface area contributed by atoms with Crippen LogP contribution in [-0.2, 0) is 4.79 Å². The average Bonchev–Trinajstić information content (AvgIpc) is 2.65. The van der Waals surface area contributed by atoms with E-state index in [-0.39, 0.29) is 17.7 Å². The topological polar surface area (TPSA) is 62.3 Å². The highest BCUT2D eigenvalue weighted by Gasteiger charge is 2.29. The number of hydrogen-bond donors (Lipinski definition) is 1. The lowest BCUT2D eigenvalue weighted by molar-refractivity contribution is -0.119. The van der Waals surface area contributed by atoms with E-state index in [0.717, 1.165) is 0 Å². The Balaban J connectivity index is 2.04. The molecule has 0 fully saturated rings. The van der Waals surface area contributed by atoms with Crippen molar-refractivity contribution in [1.29, 1.82) is 0 Å². The number of nitrogens with one attached hydrogen (secondary N) is 1. The summed E-state index contributed by atoms with van der Waals surface area (Å²) in [6, 6.07) is 10.8. The van der Waals surface area contributed by atoms with Crippen molar-refractivity contribution in [1.82, 2.24) is 4.98 Å². The van der Waals surface area contributed by atoms with Crippen molar-refractivity contribution in [3.63, 3.8) is 0 Å². The van der Waals surface area contributed by atoms with Crippen LogP contribution >= 0.6 is 0 Å².